The van der Waals surface area contributed by atoms with Crippen molar-refractivity contribution in [1.29, 1.82) is 0 Å². The summed E-state index contributed by atoms with van der Waals surface area (Å²) in [7, 11) is 0. The molecule has 0 spiro atoms. The van der Waals surface area contributed by atoms with Crippen LogP contribution in [0.25, 0.3) is 0 Å². The minimum Gasteiger partial charge on any atom is -0.482 e. The number of fused-ring (bicyclic) bond motifs is 1. The van der Waals surface area contributed by atoms with Crippen molar-refractivity contribution in [2.75, 3.05) is 31.2 Å². The number of carbonyl (C=O) groups is 3. The van der Waals surface area contributed by atoms with Crippen LogP contribution in [0.1, 0.15) is 23.2 Å². The molecule has 0 unspecified atom stereocenters. The third-order valence-electron chi connectivity index (χ3n) is 5.06. The van der Waals surface area contributed by atoms with E-state index < -0.39 is 18.2 Å². The van der Waals surface area contributed by atoms with Crippen molar-refractivity contribution in [3.63, 3.8) is 0 Å². The van der Waals surface area contributed by atoms with Gasteiger partial charge in [0.1, 0.15) is 12.3 Å². The van der Waals surface area contributed by atoms with Crippen molar-refractivity contribution in [3.05, 3.63) is 52.8 Å². The summed E-state index contributed by atoms with van der Waals surface area (Å²) in [5.74, 6) is -0.920. The van der Waals surface area contributed by atoms with Gasteiger partial charge in [0.05, 0.1) is 5.69 Å². The van der Waals surface area contributed by atoms with E-state index in [1.54, 1.807) is 6.07 Å². The molecular formula is C22H20ClFN2O5. The van der Waals surface area contributed by atoms with Crippen molar-refractivity contribution in [2.24, 2.45) is 5.92 Å². The molecule has 1 fully saturated rings. The summed E-state index contributed by atoms with van der Waals surface area (Å²) in [4.78, 5) is 38.5. The van der Waals surface area contributed by atoms with Gasteiger partial charge in [0, 0.05) is 17.1 Å². The van der Waals surface area contributed by atoms with E-state index in [-0.39, 0.29) is 41.3 Å². The molecule has 1 N–H and O–H groups in total. The zero-order valence-corrected chi connectivity index (χ0v) is 17.3. The lowest BCUT2D eigenvalue weighted by Gasteiger charge is -2.29. The number of Topliss-reactive ketones (excluding diaryl/α,β-unsaturated/α-hetero) is 1. The van der Waals surface area contributed by atoms with Crippen molar-refractivity contribution in [1.82, 2.24) is 5.32 Å². The molecule has 7 nitrogen and oxygen atoms in total. The van der Waals surface area contributed by atoms with E-state index in [1.807, 2.05) is 0 Å². The highest BCUT2D eigenvalue weighted by atomic mass is 35.5. The number of rotatable bonds is 8. The standard InChI is InChI=1S/C22H20ClFN2O5/c23-15-4-6-19(16(24)8-15)30-11-18(27)14-3-5-20-17(7-14)26(22(29)12-31-20)10-21(28)25-9-13-1-2-13/h3-8,13H,1-2,9-12H2,(H,25,28). The predicted molar refractivity (Wildman–Crippen MR) is 111 cm³/mol. The molecule has 2 aliphatic rings. The zero-order valence-electron chi connectivity index (χ0n) is 16.5. The Hall–Kier alpha value is -3.13. The number of carbonyl (C=O) groups excluding carboxylic acids is 3. The first-order chi connectivity index (χ1) is 14.9. The predicted octanol–water partition coefficient (Wildman–Crippen LogP) is 2.99. The summed E-state index contributed by atoms with van der Waals surface area (Å²) in [5, 5.41) is 3.04. The fraction of sp³-hybridized carbons (Fsp3) is 0.318. The number of hydrogen-bond acceptors (Lipinski definition) is 5. The van der Waals surface area contributed by atoms with Crippen molar-refractivity contribution < 1.29 is 28.2 Å². The minimum atomic E-state index is -0.673. The van der Waals surface area contributed by atoms with Crippen LogP contribution in [-0.4, -0.2) is 43.9 Å². The molecule has 1 aliphatic carbocycles. The summed E-state index contributed by atoms with van der Waals surface area (Å²) >= 11 is 5.71. The number of ketones is 1. The molecule has 2 aromatic carbocycles. The normalized spacial score (nSPS) is 15.2. The molecule has 2 amide bonds. The van der Waals surface area contributed by atoms with Crippen LogP contribution in [0.3, 0.4) is 0 Å². The molecule has 0 atom stereocenters. The molecule has 4 rings (SSSR count). The lowest BCUT2D eigenvalue weighted by atomic mass is 10.1. The van der Waals surface area contributed by atoms with Crippen molar-refractivity contribution in [2.45, 2.75) is 12.8 Å². The van der Waals surface area contributed by atoms with Gasteiger partial charge in [-0.05, 0) is 55.2 Å². The summed E-state index contributed by atoms with van der Waals surface area (Å²) in [5.41, 5.74) is 0.580. The Kier molecular flexibility index (Phi) is 6.08. The number of ether oxygens (including phenoxy) is 2. The monoisotopic (exact) mass is 446 g/mol. The van der Waals surface area contributed by atoms with Crippen LogP contribution in [0.15, 0.2) is 36.4 Å². The Morgan fingerprint density at radius 1 is 1.23 bits per heavy atom. The molecule has 9 heteroatoms. The van der Waals surface area contributed by atoms with E-state index in [2.05, 4.69) is 5.32 Å². The minimum absolute atomic E-state index is 0.0943. The van der Waals surface area contributed by atoms with E-state index in [9.17, 15) is 18.8 Å². The van der Waals surface area contributed by atoms with Crippen molar-refractivity contribution in [3.8, 4) is 11.5 Å². The first-order valence-electron chi connectivity index (χ1n) is 9.85. The summed E-state index contributed by atoms with van der Waals surface area (Å²) in [6, 6.07) is 8.46. The molecular weight excluding hydrogens is 427 g/mol. The second kappa shape index (κ2) is 8.93. The highest BCUT2D eigenvalue weighted by Crippen LogP contribution is 2.33. The average Bonchev–Trinajstić information content (AvgIpc) is 3.58. The number of nitrogens with one attached hydrogen (secondary N) is 1. The van der Waals surface area contributed by atoms with Crippen LogP contribution in [-0.2, 0) is 9.59 Å². The Bertz CT molecular complexity index is 1040. The second-order valence-electron chi connectivity index (χ2n) is 7.49. The maximum absolute atomic E-state index is 13.8. The van der Waals surface area contributed by atoms with Crippen LogP contribution in [0.5, 0.6) is 11.5 Å². The van der Waals surface area contributed by atoms with Gasteiger partial charge in [-0.15, -0.1) is 0 Å². The van der Waals surface area contributed by atoms with Gasteiger partial charge >= 0.3 is 0 Å². The van der Waals surface area contributed by atoms with E-state index in [0.717, 1.165) is 18.9 Å². The van der Waals surface area contributed by atoms with Gasteiger partial charge < -0.3 is 14.8 Å². The SMILES string of the molecule is O=C(CN1C(=O)COc2ccc(C(=O)COc3ccc(Cl)cc3F)cc21)NCC1CC1. The van der Waals surface area contributed by atoms with Crippen LogP contribution in [0.4, 0.5) is 10.1 Å². The summed E-state index contributed by atoms with van der Waals surface area (Å²) in [6.45, 7) is -0.156. The van der Waals surface area contributed by atoms with Crippen LogP contribution >= 0.6 is 11.6 Å². The molecule has 0 saturated heterocycles. The molecule has 1 heterocycles. The third-order valence-corrected chi connectivity index (χ3v) is 5.30. The topological polar surface area (TPSA) is 84.9 Å². The Labute approximate surface area is 183 Å². The molecule has 1 aliphatic heterocycles. The lowest BCUT2D eigenvalue weighted by molar-refractivity contribution is -0.125. The van der Waals surface area contributed by atoms with Gasteiger partial charge in [0.25, 0.3) is 5.91 Å². The van der Waals surface area contributed by atoms with Crippen LogP contribution in [0.2, 0.25) is 5.02 Å². The van der Waals surface area contributed by atoms with E-state index in [1.165, 1.54) is 29.2 Å². The molecule has 2 aromatic rings. The highest BCUT2D eigenvalue weighted by molar-refractivity contribution is 6.30. The van der Waals surface area contributed by atoms with Crippen LogP contribution < -0.4 is 19.7 Å². The Balaban J connectivity index is 1.46. The van der Waals surface area contributed by atoms with Gasteiger partial charge in [-0.1, -0.05) is 11.6 Å². The quantitative estimate of drug-likeness (QED) is 0.630. The fourth-order valence-electron chi connectivity index (χ4n) is 3.15. The number of anilines is 1. The van der Waals surface area contributed by atoms with Crippen molar-refractivity contribution >= 4 is 34.9 Å². The number of hydrogen-bond donors (Lipinski definition) is 1. The number of benzene rings is 2. The lowest BCUT2D eigenvalue weighted by Crippen LogP contribution is -2.45. The largest absolute Gasteiger partial charge is 0.482 e. The van der Waals surface area contributed by atoms with Gasteiger partial charge in [0.15, 0.2) is 30.6 Å². The molecule has 0 radical (unpaired) electrons. The van der Waals surface area contributed by atoms with Gasteiger partial charge in [-0.25, -0.2) is 4.39 Å². The zero-order chi connectivity index (χ0) is 22.0. The van der Waals surface area contributed by atoms with E-state index >= 15 is 0 Å². The maximum atomic E-state index is 13.8. The molecule has 0 aromatic heterocycles. The van der Waals surface area contributed by atoms with Gasteiger partial charge in [-0.2, -0.15) is 0 Å². The smallest absolute Gasteiger partial charge is 0.265 e. The Morgan fingerprint density at radius 3 is 2.77 bits per heavy atom. The molecule has 31 heavy (non-hydrogen) atoms. The average molecular weight is 447 g/mol. The fourth-order valence-corrected chi connectivity index (χ4v) is 3.31. The number of nitrogens with zero attached hydrogens (tertiary/aromatic N) is 1. The molecule has 1 saturated carbocycles. The second-order valence-corrected chi connectivity index (χ2v) is 7.92. The first-order valence-corrected chi connectivity index (χ1v) is 10.2. The van der Waals surface area contributed by atoms with Gasteiger partial charge in [-0.3, -0.25) is 19.3 Å². The third kappa shape index (κ3) is 5.14. The Morgan fingerprint density at radius 2 is 2.03 bits per heavy atom. The number of amides is 2. The summed E-state index contributed by atoms with van der Waals surface area (Å²) in [6.07, 6.45) is 2.21. The molecule has 0 bridgehead atoms. The van der Waals surface area contributed by atoms with E-state index in [4.69, 9.17) is 21.1 Å². The first kappa shape index (κ1) is 21.1. The summed E-state index contributed by atoms with van der Waals surface area (Å²) < 4.78 is 24.5. The maximum Gasteiger partial charge on any atom is 0.265 e. The van der Waals surface area contributed by atoms with Crippen LogP contribution in [0, 0.1) is 11.7 Å². The highest BCUT2D eigenvalue weighted by Gasteiger charge is 2.29. The molecule has 162 valence electrons. The van der Waals surface area contributed by atoms with E-state index in [0.29, 0.717) is 23.9 Å². The number of halogens is 2. The van der Waals surface area contributed by atoms with Gasteiger partial charge in [0.2, 0.25) is 5.91 Å².